The molecule has 1 atom stereocenters. The normalized spacial score (nSPS) is 13.8. The lowest BCUT2D eigenvalue weighted by Crippen LogP contribution is -2.32. The minimum atomic E-state index is -3.41. The molecule has 3 nitrogen and oxygen atoms in total. The summed E-state index contributed by atoms with van der Waals surface area (Å²) in [7, 11) is -3.41. The fourth-order valence-electron chi connectivity index (χ4n) is 2.50. The molecule has 0 aliphatic carbocycles. The highest BCUT2D eigenvalue weighted by Crippen LogP contribution is 2.15. The topological polar surface area (TPSA) is 46.2 Å². The first kappa shape index (κ1) is 19.2. The molecule has 1 N–H and O–H groups in total. The number of rotatable bonds is 9. The molecule has 1 aromatic rings. The summed E-state index contributed by atoms with van der Waals surface area (Å²) in [6.45, 7) is 10.6. The number of sulfonamides is 1. The van der Waals surface area contributed by atoms with Gasteiger partial charge in [0, 0.05) is 6.04 Å². The van der Waals surface area contributed by atoms with Crippen molar-refractivity contribution in [3.05, 3.63) is 29.8 Å². The van der Waals surface area contributed by atoms with Crippen LogP contribution in [0.2, 0.25) is 0 Å². The third-order valence-electron chi connectivity index (χ3n) is 3.65. The maximum absolute atomic E-state index is 12.4. The lowest BCUT2D eigenvalue weighted by molar-refractivity contribution is 0.488. The zero-order chi connectivity index (χ0) is 16.8. The van der Waals surface area contributed by atoms with E-state index in [1.165, 1.54) is 5.56 Å². The molecular formula is C18H31NO2S. The Morgan fingerprint density at radius 1 is 0.909 bits per heavy atom. The molecule has 0 fully saturated rings. The first-order valence-corrected chi connectivity index (χ1v) is 9.80. The Bertz CT molecular complexity index is 533. The van der Waals surface area contributed by atoms with Gasteiger partial charge in [-0.3, -0.25) is 0 Å². The summed E-state index contributed by atoms with van der Waals surface area (Å²) in [6.07, 6.45) is 4.03. The second kappa shape index (κ2) is 8.68. The van der Waals surface area contributed by atoms with Crippen molar-refractivity contribution in [2.24, 2.45) is 11.8 Å². The summed E-state index contributed by atoms with van der Waals surface area (Å²) in [5, 5.41) is 0. The van der Waals surface area contributed by atoms with Gasteiger partial charge in [0.05, 0.1) is 4.90 Å². The minimum absolute atomic E-state index is 0.0286. The van der Waals surface area contributed by atoms with E-state index >= 15 is 0 Å². The molecule has 0 bridgehead atoms. The molecule has 1 aromatic carbocycles. The summed E-state index contributed by atoms with van der Waals surface area (Å²) in [4.78, 5) is 0.357. The molecule has 22 heavy (non-hydrogen) atoms. The maximum atomic E-state index is 12.4. The lowest BCUT2D eigenvalue weighted by atomic mass is 10.0. The third kappa shape index (κ3) is 6.93. The van der Waals surface area contributed by atoms with Crippen molar-refractivity contribution in [3.8, 4) is 0 Å². The van der Waals surface area contributed by atoms with E-state index in [2.05, 4.69) is 32.4 Å². The standard InChI is InChI=1S/C18H31NO2S/c1-14(2)7-6-8-16(5)19-22(20,21)18-11-9-17(10-12-18)13-15(3)4/h9-12,14-16,19H,6-8,13H2,1-5H3. The van der Waals surface area contributed by atoms with Gasteiger partial charge in [0.1, 0.15) is 0 Å². The van der Waals surface area contributed by atoms with Gasteiger partial charge < -0.3 is 0 Å². The predicted octanol–water partition coefficient (Wildman–Crippen LogP) is 4.38. The summed E-state index contributed by atoms with van der Waals surface area (Å²) in [6, 6.07) is 7.22. The Morgan fingerprint density at radius 3 is 2.00 bits per heavy atom. The molecule has 0 radical (unpaired) electrons. The SMILES string of the molecule is CC(C)CCCC(C)NS(=O)(=O)c1ccc(CC(C)C)cc1. The lowest BCUT2D eigenvalue weighted by Gasteiger charge is -2.15. The van der Waals surface area contributed by atoms with E-state index in [0.717, 1.165) is 25.7 Å². The monoisotopic (exact) mass is 325 g/mol. The smallest absolute Gasteiger partial charge is 0.208 e. The van der Waals surface area contributed by atoms with Gasteiger partial charge in [-0.05, 0) is 49.3 Å². The Morgan fingerprint density at radius 2 is 1.50 bits per heavy atom. The van der Waals surface area contributed by atoms with E-state index in [-0.39, 0.29) is 6.04 Å². The van der Waals surface area contributed by atoms with Crippen LogP contribution in [0.1, 0.15) is 59.4 Å². The largest absolute Gasteiger partial charge is 0.240 e. The van der Waals surface area contributed by atoms with Gasteiger partial charge >= 0.3 is 0 Å². The second-order valence-corrected chi connectivity index (χ2v) is 8.80. The molecule has 4 heteroatoms. The molecular weight excluding hydrogens is 294 g/mol. The van der Waals surface area contributed by atoms with Crippen LogP contribution < -0.4 is 4.72 Å². The second-order valence-electron chi connectivity index (χ2n) is 7.09. The van der Waals surface area contributed by atoms with Gasteiger partial charge in [-0.2, -0.15) is 0 Å². The molecule has 126 valence electrons. The van der Waals surface area contributed by atoms with E-state index in [1.54, 1.807) is 12.1 Å². The summed E-state index contributed by atoms with van der Waals surface area (Å²) in [5.41, 5.74) is 1.18. The van der Waals surface area contributed by atoms with E-state index in [9.17, 15) is 8.42 Å². The third-order valence-corrected chi connectivity index (χ3v) is 5.26. The van der Waals surface area contributed by atoms with E-state index in [4.69, 9.17) is 0 Å². The highest BCUT2D eigenvalue weighted by Gasteiger charge is 2.17. The Kier molecular flexibility index (Phi) is 7.57. The van der Waals surface area contributed by atoms with Gasteiger partial charge in [0.25, 0.3) is 0 Å². The zero-order valence-corrected chi connectivity index (χ0v) is 15.4. The predicted molar refractivity (Wildman–Crippen MR) is 93.5 cm³/mol. The van der Waals surface area contributed by atoms with Crippen LogP contribution >= 0.6 is 0 Å². The van der Waals surface area contributed by atoms with Crippen LogP contribution in [-0.2, 0) is 16.4 Å². The van der Waals surface area contributed by atoms with Crippen molar-refractivity contribution in [1.82, 2.24) is 4.72 Å². The Hall–Kier alpha value is -0.870. The molecule has 0 aliphatic heterocycles. The highest BCUT2D eigenvalue weighted by atomic mass is 32.2. The van der Waals surface area contributed by atoms with Crippen LogP contribution in [0.5, 0.6) is 0 Å². The Balaban J connectivity index is 2.61. The van der Waals surface area contributed by atoms with Crippen molar-refractivity contribution >= 4 is 10.0 Å². The van der Waals surface area contributed by atoms with Crippen molar-refractivity contribution in [2.45, 2.75) is 71.2 Å². The highest BCUT2D eigenvalue weighted by molar-refractivity contribution is 7.89. The molecule has 0 saturated heterocycles. The van der Waals surface area contributed by atoms with Crippen molar-refractivity contribution < 1.29 is 8.42 Å². The van der Waals surface area contributed by atoms with Crippen molar-refractivity contribution in [3.63, 3.8) is 0 Å². The molecule has 1 unspecified atom stereocenters. The molecule has 0 heterocycles. The van der Waals surface area contributed by atoms with Gasteiger partial charge in [-0.15, -0.1) is 0 Å². The number of benzene rings is 1. The Labute approximate surface area is 136 Å². The zero-order valence-electron chi connectivity index (χ0n) is 14.6. The van der Waals surface area contributed by atoms with E-state index < -0.39 is 10.0 Å². The fraction of sp³-hybridized carbons (Fsp3) is 0.667. The molecule has 0 aromatic heterocycles. The van der Waals surface area contributed by atoms with Crippen LogP contribution in [0.25, 0.3) is 0 Å². The average Bonchev–Trinajstić information content (AvgIpc) is 2.37. The maximum Gasteiger partial charge on any atom is 0.240 e. The van der Waals surface area contributed by atoms with Crippen molar-refractivity contribution in [2.75, 3.05) is 0 Å². The quantitative estimate of drug-likeness (QED) is 0.732. The van der Waals surface area contributed by atoms with E-state index in [0.29, 0.717) is 16.7 Å². The average molecular weight is 326 g/mol. The first-order valence-electron chi connectivity index (χ1n) is 8.32. The van der Waals surface area contributed by atoms with Gasteiger partial charge in [0.2, 0.25) is 10.0 Å². The van der Waals surface area contributed by atoms with Crippen LogP contribution in [0.15, 0.2) is 29.2 Å². The number of nitrogens with one attached hydrogen (secondary N) is 1. The molecule has 0 saturated carbocycles. The van der Waals surface area contributed by atoms with Crippen LogP contribution in [-0.4, -0.2) is 14.5 Å². The van der Waals surface area contributed by atoms with Crippen molar-refractivity contribution in [1.29, 1.82) is 0 Å². The fourth-order valence-corrected chi connectivity index (χ4v) is 3.78. The number of hydrogen-bond acceptors (Lipinski definition) is 2. The summed E-state index contributed by atoms with van der Waals surface area (Å²) >= 11 is 0. The van der Waals surface area contributed by atoms with Crippen LogP contribution in [0.4, 0.5) is 0 Å². The molecule has 0 amide bonds. The molecule has 1 rings (SSSR count). The first-order chi connectivity index (χ1) is 10.2. The van der Waals surface area contributed by atoms with Gasteiger partial charge in [-0.1, -0.05) is 52.7 Å². The molecule has 0 aliphatic rings. The van der Waals surface area contributed by atoms with Gasteiger partial charge in [0.15, 0.2) is 0 Å². The molecule has 0 spiro atoms. The number of hydrogen-bond donors (Lipinski definition) is 1. The van der Waals surface area contributed by atoms with Crippen LogP contribution in [0.3, 0.4) is 0 Å². The van der Waals surface area contributed by atoms with E-state index in [1.807, 2.05) is 19.1 Å². The minimum Gasteiger partial charge on any atom is -0.208 e. The van der Waals surface area contributed by atoms with Gasteiger partial charge in [-0.25, -0.2) is 13.1 Å². The summed E-state index contributed by atoms with van der Waals surface area (Å²) in [5.74, 6) is 1.24. The summed E-state index contributed by atoms with van der Waals surface area (Å²) < 4.78 is 27.5. The van der Waals surface area contributed by atoms with Crippen LogP contribution in [0, 0.1) is 11.8 Å².